The zero-order valence-corrected chi connectivity index (χ0v) is 11.5. The molecular weight excluding hydrogens is 299 g/mol. The average Bonchev–Trinajstić information content (AvgIpc) is 2.46. The predicted molar refractivity (Wildman–Crippen MR) is 75.8 cm³/mol. The van der Waals surface area contributed by atoms with Crippen LogP contribution in [-0.4, -0.2) is 11.1 Å². The Morgan fingerprint density at radius 3 is 2.73 bits per heavy atom. The molecule has 0 saturated carbocycles. The van der Waals surface area contributed by atoms with Crippen LogP contribution in [-0.2, 0) is 13.5 Å². The van der Waals surface area contributed by atoms with E-state index in [4.69, 9.17) is 5.73 Å². The summed E-state index contributed by atoms with van der Waals surface area (Å²) < 4.78 is 2.17. The minimum atomic E-state index is 0. The van der Waals surface area contributed by atoms with Crippen molar-refractivity contribution in [1.29, 1.82) is 0 Å². The van der Waals surface area contributed by atoms with Crippen LogP contribution in [0.5, 0.6) is 0 Å². The largest absolute Gasteiger partial charge is 0.350 e. The zero-order chi connectivity index (χ0) is 10.1. The van der Waals surface area contributed by atoms with Crippen molar-refractivity contribution in [1.82, 2.24) is 4.57 Å². The number of hydrogen-bond donors (Lipinski definition) is 1. The molecule has 2 aromatic rings. The zero-order valence-electron chi connectivity index (χ0n) is 9.16. The lowest BCUT2D eigenvalue weighted by atomic mass is 10.1. The van der Waals surface area contributed by atoms with Crippen LogP contribution in [0.15, 0.2) is 24.4 Å². The summed E-state index contributed by atoms with van der Waals surface area (Å²) in [6.45, 7) is 2.87. The summed E-state index contributed by atoms with van der Waals surface area (Å²) in [5.41, 5.74) is 9.60. The first-order valence-corrected chi connectivity index (χ1v) is 4.97. The molecule has 1 aromatic heterocycles. The van der Waals surface area contributed by atoms with E-state index < -0.39 is 0 Å². The topological polar surface area (TPSA) is 30.9 Å². The Kier molecular flexibility index (Phi) is 4.16. The van der Waals surface area contributed by atoms with E-state index in [1.165, 1.54) is 22.0 Å². The SMILES string of the molecule is Cc1cccc2c1c(CCN)cn2C.I. The third-order valence-electron chi connectivity index (χ3n) is 2.72. The molecule has 3 heteroatoms. The maximum absolute atomic E-state index is 5.60. The van der Waals surface area contributed by atoms with Gasteiger partial charge in [-0.05, 0) is 37.1 Å². The Labute approximate surface area is 107 Å². The van der Waals surface area contributed by atoms with E-state index in [0.29, 0.717) is 6.54 Å². The van der Waals surface area contributed by atoms with Crippen LogP contribution in [0.1, 0.15) is 11.1 Å². The number of benzene rings is 1. The molecule has 2 N–H and O–H groups in total. The summed E-state index contributed by atoms with van der Waals surface area (Å²) in [5.74, 6) is 0. The monoisotopic (exact) mass is 316 g/mol. The quantitative estimate of drug-likeness (QED) is 0.849. The molecule has 0 aliphatic heterocycles. The normalized spacial score (nSPS) is 10.3. The molecule has 0 fully saturated rings. The van der Waals surface area contributed by atoms with Crippen LogP contribution in [0.3, 0.4) is 0 Å². The molecule has 0 amide bonds. The molecule has 0 bridgehead atoms. The van der Waals surface area contributed by atoms with E-state index in [-0.39, 0.29) is 24.0 Å². The summed E-state index contributed by atoms with van der Waals surface area (Å²) in [7, 11) is 2.09. The van der Waals surface area contributed by atoms with Gasteiger partial charge in [0.05, 0.1) is 0 Å². The van der Waals surface area contributed by atoms with Crippen LogP contribution in [0.2, 0.25) is 0 Å². The number of nitrogens with zero attached hydrogens (tertiary/aromatic N) is 1. The van der Waals surface area contributed by atoms with Gasteiger partial charge in [0.15, 0.2) is 0 Å². The van der Waals surface area contributed by atoms with E-state index >= 15 is 0 Å². The summed E-state index contributed by atoms with van der Waals surface area (Å²) in [4.78, 5) is 0. The predicted octanol–water partition coefficient (Wildman–Crippen LogP) is 2.61. The molecule has 1 heterocycles. The number of hydrogen-bond acceptors (Lipinski definition) is 1. The van der Waals surface area contributed by atoms with E-state index in [1.807, 2.05) is 0 Å². The highest BCUT2D eigenvalue weighted by Crippen LogP contribution is 2.24. The Balaban J connectivity index is 0.00000112. The van der Waals surface area contributed by atoms with Gasteiger partial charge in [0.2, 0.25) is 0 Å². The molecule has 2 rings (SSSR count). The molecule has 0 saturated heterocycles. The highest BCUT2D eigenvalue weighted by atomic mass is 127. The van der Waals surface area contributed by atoms with Crippen LogP contribution < -0.4 is 5.73 Å². The highest BCUT2D eigenvalue weighted by molar-refractivity contribution is 14.0. The second-order valence-electron chi connectivity index (χ2n) is 3.77. The van der Waals surface area contributed by atoms with Crippen molar-refractivity contribution in [3.05, 3.63) is 35.5 Å². The van der Waals surface area contributed by atoms with Crippen molar-refractivity contribution >= 4 is 34.9 Å². The lowest BCUT2D eigenvalue weighted by molar-refractivity contribution is 0.929. The second kappa shape index (κ2) is 4.99. The maximum atomic E-state index is 5.60. The molecule has 15 heavy (non-hydrogen) atoms. The molecule has 1 aromatic carbocycles. The summed E-state index contributed by atoms with van der Waals surface area (Å²) in [6.07, 6.45) is 3.15. The van der Waals surface area contributed by atoms with Crippen molar-refractivity contribution in [2.24, 2.45) is 12.8 Å². The fraction of sp³-hybridized carbons (Fsp3) is 0.333. The molecule has 0 unspecified atom stereocenters. The molecule has 82 valence electrons. The van der Waals surface area contributed by atoms with Gasteiger partial charge in [-0.15, -0.1) is 24.0 Å². The summed E-state index contributed by atoms with van der Waals surface area (Å²) in [5, 5.41) is 1.38. The number of aryl methyl sites for hydroxylation is 2. The Morgan fingerprint density at radius 1 is 1.33 bits per heavy atom. The number of halogens is 1. The molecular formula is C12H17IN2. The van der Waals surface area contributed by atoms with E-state index in [0.717, 1.165) is 6.42 Å². The summed E-state index contributed by atoms with van der Waals surface area (Å²) in [6, 6.07) is 6.41. The van der Waals surface area contributed by atoms with Crippen LogP contribution in [0, 0.1) is 6.92 Å². The van der Waals surface area contributed by atoms with Gasteiger partial charge in [0.25, 0.3) is 0 Å². The average molecular weight is 316 g/mol. The van der Waals surface area contributed by atoms with Crippen LogP contribution >= 0.6 is 24.0 Å². The molecule has 0 aliphatic rings. The highest BCUT2D eigenvalue weighted by Gasteiger charge is 2.07. The fourth-order valence-electron chi connectivity index (χ4n) is 2.08. The van der Waals surface area contributed by atoms with Crippen LogP contribution in [0.25, 0.3) is 10.9 Å². The van der Waals surface area contributed by atoms with Crippen molar-refractivity contribution in [2.45, 2.75) is 13.3 Å². The van der Waals surface area contributed by atoms with Crippen molar-refractivity contribution in [2.75, 3.05) is 6.54 Å². The molecule has 0 spiro atoms. The standard InChI is InChI=1S/C12H16N2.HI/c1-9-4-3-5-11-12(9)10(6-7-13)8-14(11)2;/h3-5,8H,6-7,13H2,1-2H3;1H. The minimum absolute atomic E-state index is 0. The van der Waals surface area contributed by atoms with Gasteiger partial charge >= 0.3 is 0 Å². The second-order valence-corrected chi connectivity index (χ2v) is 3.77. The lowest BCUT2D eigenvalue weighted by Crippen LogP contribution is -2.02. The van der Waals surface area contributed by atoms with Crippen LogP contribution in [0.4, 0.5) is 0 Å². The Morgan fingerprint density at radius 2 is 2.07 bits per heavy atom. The first-order chi connectivity index (χ1) is 6.74. The van der Waals surface area contributed by atoms with Crippen molar-refractivity contribution in [3.63, 3.8) is 0 Å². The molecule has 2 nitrogen and oxygen atoms in total. The Hall–Kier alpha value is -0.550. The van der Waals surface area contributed by atoms with Gasteiger partial charge in [0, 0.05) is 24.1 Å². The number of fused-ring (bicyclic) bond motifs is 1. The number of aromatic nitrogens is 1. The van der Waals surface area contributed by atoms with Gasteiger partial charge < -0.3 is 10.3 Å². The fourth-order valence-corrected chi connectivity index (χ4v) is 2.08. The molecule has 0 atom stereocenters. The van der Waals surface area contributed by atoms with Gasteiger partial charge in [-0.2, -0.15) is 0 Å². The number of rotatable bonds is 2. The smallest absolute Gasteiger partial charge is 0.0483 e. The third-order valence-corrected chi connectivity index (χ3v) is 2.72. The van der Waals surface area contributed by atoms with Crippen molar-refractivity contribution in [3.8, 4) is 0 Å². The van der Waals surface area contributed by atoms with E-state index in [9.17, 15) is 0 Å². The van der Waals surface area contributed by atoms with E-state index in [1.54, 1.807) is 0 Å². The third kappa shape index (κ3) is 2.18. The molecule has 0 radical (unpaired) electrons. The first-order valence-electron chi connectivity index (χ1n) is 4.97. The lowest BCUT2D eigenvalue weighted by Gasteiger charge is -2.00. The Bertz CT molecular complexity index is 460. The molecule has 0 aliphatic carbocycles. The van der Waals surface area contributed by atoms with Gasteiger partial charge in [-0.1, -0.05) is 12.1 Å². The number of nitrogens with two attached hydrogens (primary N) is 1. The maximum Gasteiger partial charge on any atom is 0.0483 e. The van der Waals surface area contributed by atoms with Gasteiger partial charge in [-0.25, -0.2) is 0 Å². The van der Waals surface area contributed by atoms with Crippen molar-refractivity contribution < 1.29 is 0 Å². The van der Waals surface area contributed by atoms with Gasteiger partial charge in [0.1, 0.15) is 0 Å². The summed E-state index contributed by atoms with van der Waals surface area (Å²) >= 11 is 0. The first kappa shape index (κ1) is 12.5. The van der Waals surface area contributed by atoms with Gasteiger partial charge in [-0.3, -0.25) is 0 Å². The minimum Gasteiger partial charge on any atom is -0.350 e. The van der Waals surface area contributed by atoms with E-state index in [2.05, 4.69) is 42.9 Å².